The summed E-state index contributed by atoms with van der Waals surface area (Å²) < 4.78 is 18.8. The standard InChI is InChI=1S/C24H26FN3O4/c1-24(13-17-7-2-3-10-20(17)21(29)32-24)22(30)28-11-5-6-16(15-28)14-26-23(31)27-19-9-4-8-18(25)12-19/h2-4,7-10,12,16H,5-6,11,13-15H2,1H3,(H2,26,27,31). The number of nitrogens with zero attached hydrogens (tertiary/aromatic N) is 1. The molecule has 168 valence electrons. The van der Waals surface area contributed by atoms with E-state index in [2.05, 4.69) is 10.6 Å². The van der Waals surface area contributed by atoms with E-state index >= 15 is 0 Å². The van der Waals surface area contributed by atoms with Gasteiger partial charge in [0.15, 0.2) is 5.60 Å². The topological polar surface area (TPSA) is 87.7 Å². The Morgan fingerprint density at radius 3 is 2.84 bits per heavy atom. The Balaban J connectivity index is 1.34. The van der Waals surface area contributed by atoms with Crippen LogP contribution in [0.15, 0.2) is 48.5 Å². The highest BCUT2D eigenvalue weighted by molar-refractivity contribution is 5.97. The van der Waals surface area contributed by atoms with Crippen LogP contribution in [0.1, 0.15) is 35.7 Å². The molecule has 2 aliphatic heterocycles. The van der Waals surface area contributed by atoms with E-state index < -0.39 is 23.4 Å². The summed E-state index contributed by atoms with van der Waals surface area (Å²) in [4.78, 5) is 39.6. The van der Waals surface area contributed by atoms with E-state index in [1.54, 1.807) is 30.0 Å². The highest BCUT2D eigenvalue weighted by Crippen LogP contribution is 2.31. The molecule has 1 fully saturated rings. The third-order valence-corrected chi connectivity index (χ3v) is 5.98. The molecule has 0 spiro atoms. The number of piperidine rings is 1. The fraction of sp³-hybridized carbons (Fsp3) is 0.375. The number of benzene rings is 2. The first-order valence-electron chi connectivity index (χ1n) is 10.7. The first-order chi connectivity index (χ1) is 15.3. The maximum absolute atomic E-state index is 13.3. The highest BCUT2D eigenvalue weighted by Gasteiger charge is 2.45. The number of likely N-dealkylation sites (tertiary alicyclic amines) is 1. The molecule has 1 saturated heterocycles. The number of amides is 3. The van der Waals surface area contributed by atoms with Gasteiger partial charge in [-0.15, -0.1) is 0 Å². The Bertz CT molecular complexity index is 1040. The zero-order valence-corrected chi connectivity index (χ0v) is 17.9. The van der Waals surface area contributed by atoms with Crippen molar-refractivity contribution in [3.05, 3.63) is 65.5 Å². The van der Waals surface area contributed by atoms with Gasteiger partial charge >= 0.3 is 12.0 Å². The van der Waals surface area contributed by atoms with Crippen LogP contribution in [0.4, 0.5) is 14.9 Å². The van der Waals surface area contributed by atoms with Crippen molar-refractivity contribution in [3.63, 3.8) is 0 Å². The summed E-state index contributed by atoms with van der Waals surface area (Å²) in [5.74, 6) is -1.05. The Hall–Kier alpha value is -3.42. The van der Waals surface area contributed by atoms with Crippen molar-refractivity contribution >= 4 is 23.6 Å². The molecule has 2 aromatic carbocycles. The first-order valence-corrected chi connectivity index (χ1v) is 10.7. The minimum Gasteiger partial charge on any atom is -0.445 e. The molecular formula is C24H26FN3O4. The number of ether oxygens (including phenoxy) is 1. The molecule has 7 nitrogen and oxygen atoms in total. The summed E-state index contributed by atoms with van der Waals surface area (Å²) in [5, 5.41) is 5.39. The second-order valence-electron chi connectivity index (χ2n) is 8.56. The van der Waals surface area contributed by atoms with E-state index in [-0.39, 0.29) is 11.8 Å². The van der Waals surface area contributed by atoms with Crippen LogP contribution in [0.25, 0.3) is 0 Å². The number of cyclic esters (lactones) is 1. The Kier molecular flexibility index (Phi) is 6.12. The summed E-state index contributed by atoms with van der Waals surface area (Å²) >= 11 is 0. The van der Waals surface area contributed by atoms with Crippen LogP contribution in [0.2, 0.25) is 0 Å². The van der Waals surface area contributed by atoms with Gasteiger partial charge in [0, 0.05) is 31.7 Å². The van der Waals surface area contributed by atoms with Crippen molar-refractivity contribution in [2.45, 2.75) is 31.8 Å². The van der Waals surface area contributed by atoms with Crippen LogP contribution in [-0.2, 0) is 16.0 Å². The molecule has 3 amide bonds. The van der Waals surface area contributed by atoms with Crippen molar-refractivity contribution in [2.75, 3.05) is 25.0 Å². The van der Waals surface area contributed by atoms with Gasteiger partial charge in [0.05, 0.1) is 5.56 Å². The fourth-order valence-corrected chi connectivity index (χ4v) is 4.38. The van der Waals surface area contributed by atoms with Crippen molar-refractivity contribution in [3.8, 4) is 0 Å². The lowest BCUT2D eigenvalue weighted by atomic mass is 9.87. The van der Waals surface area contributed by atoms with E-state index in [4.69, 9.17) is 4.74 Å². The summed E-state index contributed by atoms with van der Waals surface area (Å²) in [6, 6.07) is 12.4. The lowest BCUT2D eigenvalue weighted by Crippen LogP contribution is -2.56. The van der Waals surface area contributed by atoms with E-state index in [1.807, 2.05) is 12.1 Å². The van der Waals surface area contributed by atoms with Gasteiger partial charge in [-0.25, -0.2) is 14.0 Å². The number of hydrogen-bond acceptors (Lipinski definition) is 4. The number of hydrogen-bond donors (Lipinski definition) is 2. The normalized spacial score (nSPS) is 22.5. The molecule has 32 heavy (non-hydrogen) atoms. The lowest BCUT2D eigenvalue weighted by molar-refractivity contribution is -0.153. The number of halogens is 1. The maximum atomic E-state index is 13.3. The Morgan fingerprint density at radius 1 is 1.22 bits per heavy atom. The molecule has 2 aliphatic rings. The zero-order valence-electron chi connectivity index (χ0n) is 17.9. The summed E-state index contributed by atoms with van der Waals surface area (Å²) in [6.45, 7) is 3.09. The molecule has 2 unspecified atom stereocenters. The monoisotopic (exact) mass is 439 g/mol. The Morgan fingerprint density at radius 2 is 2.03 bits per heavy atom. The van der Waals surface area contributed by atoms with Gasteiger partial charge in [-0.2, -0.15) is 0 Å². The summed E-state index contributed by atoms with van der Waals surface area (Å²) in [7, 11) is 0. The van der Waals surface area contributed by atoms with Gasteiger partial charge in [0.25, 0.3) is 5.91 Å². The molecule has 0 bridgehead atoms. The van der Waals surface area contributed by atoms with E-state index in [0.29, 0.717) is 37.3 Å². The molecule has 2 N–H and O–H groups in total. The van der Waals surface area contributed by atoms with Crippen molar-refractivity contribution in [1.82, 2.24) is 10.2 Å². The molecule has 2 aromatic rings. The number of carbonyl (C=O) groups is 3. The minimum absolute atomic E-state index is 0.0705. The van der Waals surface area contributed by atoms with Crippen molar-refractivity contribution in [2.24, 2.45) is 5.92 Å². The van der Waals surface area contributed by atoms with Crippen LogP contribution < -0.4 is 10.6 Å². The molecule has 4 rings (SSSR count). The van der Waals surface area contributed by atoms with Crippen LogP contribution in [0.3, 0.4) is 0 Å². The van der Waals surface area contributed by atoms with Gasteiger partial charge < -0.3 is 20.3 Å². The molecule has 2 heterocycles. The third-order valence-electron chi connectivity index (χ3n) is 5.98. The van der Waals surface area contributed by atoms with Crippen LogP contribution >= 0.6 is 0 Å². The molecule has 0 aliphatic carbocycles. The van der Waals surface area contributed by atoms with Crippen molar-refractivity contribution in [1.29, 1.82) is 0 Å². The van der Waals surface area contributed by atoms with E-state index in [9.17, 15) is 18.8 Å². The quantitative estimate of drug-likeness (QED) is 0.716. The second-order valence-corrected chi connectivity index (χ2v) is 8.56. The smallest absolute Gasteiger partial charge is 0.339 e. The van der Waals surface area contributed by atoms with Gasteiger partial charge in [0.2, 0.25) is 0 Å². The minimum atomic E-state index is -1.24. The number of carbonyl (C=O) groups excluding carboxylic acids is 3. The number of urea groups is 1. The van der Waals surface area contributed by atoms with E-state index in [0.717, 1.165) is 18.4 Å². The lowest BCUT2D eigenvalue weighted by Gasteiger charge is -2.40. The van der Waals surface area contributed by atoms with Crippen LogP contribution in [-0.4, -0.2) is 48.0 Å². The Labute approximate surface area is 185 Å². The number of fused-ring (bicyclic) bond motifs is 1. The van der Waals surface area contributed by atoms with Gasteiger partial charge in [0.1, 0.15) is 5.82 Å². The molecule has 0 aromatic heterocycles. The average molecular weight is 439 g/mol. The molecule has 0 saturated carbocycles. The number of anilines is 1. The molecule has 8 heteroatoms. The first kappa shape index (κ1) is 21.8. The summed E-state index contributed by atoms with van der Waals surface area (Å²) in [6.07, 6.45) is 2.00. The molecular weight excluding hydrogens is 413 g/mol. The number of rotatable bonds is 4. The SMILES string of the molecule is CC1(C(=O)N2CCCC(CNC(=O)Nc3cccc(F)c3)C2)Cc2ccccc2C(=O)O1. The number of esters is 1. The van der Waals surface area contributed by atoms with E-state index in [1.165, 1.54) is 18.2 Å². The van der Waals surface area contributed by atoms with Crippen molar-refractivity contribution < 1.29 is 23.5 Å². The van der Waals surface area contributed by atoms with Gasteiger partial charge in [-0.1, -0.05) is 24.3 Å². The highest BCUT2D eigenvalue weighted by atomic mass is 19.1. The average Bonchev–Trinajstić information content (AvgIpc) is 2.77. The maximum Gasteiger partial charge on any atom is 0.339 e. The zero-order chi connectivity index (χ0) is 22.7. The van der Waals surface area contributed by atoms with Crippen LogP contribution in [0, 0.1) is 11.7 Å². The fourth-order valence-electron chi connectivity index (χ4n) is 4.38. The number of nitrogens with one attached hydrogen (secondary N) is 2. The van der Waals surface area contributed by atoms with Crippen LogP contribution in [0.5, 0.6) is 0 Å². The predicted molar refractivity (Wildman–Crippen MR) is 117 cm³/mol. The second kappa shape index (κ2) is 8.98. The molecule has 0 radical (unpaired) electrons. The predicted octanol–water partition coefficient (Wildman–Crippen LogP) is 3.36. The van der Waals surface area contributed by atoms with Gasteiger partial charge in [-0.05, 0) is 55.5 Å². The van der Waals surface area contributed by atoms with Gasteiger partial charge in [-0.3, -0.25) is 4.79 Å². The molecule has 2 atom stereocenters. The largest absolute Gasteiger partial charge is 0.445 e. The summed E-state index contributed by atoms with van der Waals surface area (Å²) in [5.41, 5.74) is 0.442. The third kappa shape index (κ3) is 4.74.